The zero-order valence-corrected chi connectivity index (χ0v) is 20.8. The molecule has 0 atom stereocenters. The number of ether oxygens (including phenoxy) is 1. The first-order chi connectivity index (χ1) is 16.8. The minimum atomic E-state index is -0.0654. The molecule has 0 aromatic carbocycles. The summed E-state index contributed by atoms with van der Waals surface area (Å²) in [5.74, 6) is 1.18. The van der Waals surface area contributed by atoms with E-state index in [1.807, 2.05) is 24.7 Å². The van der Waals surface area contributed by atoms with Crippen LogP contribution in [0.5, 0.6) is 5.88 Å². The van der Waals surface area contributed by atoms with E-state index in [0.717, 1.165) is 59.7 Å². The predicted octanol–water partition coefficient (Wildman–Crippen LogP) is 3.78. The molecule has 4 aromatic heterocycles. The van der Waals surface area contributed by atoms with Gasteiger partial charge in [0.1, 0.15) is 5.82 Å². The molecule has 9 heteroatoms. The lowest BCUT2D eigenvalue weighted by Gasteiger charge is -2.37. The molecular weight excluding hydrogens is 440 g/mol. The number of rotatable bonds is 6. The maximum atomic E-state index is 6.27. The molecule has 0 unspecified atom stereocenters. The summed E-state index contributed by atoms with van der Waals surface area (Å²) in [6.45, 7) is 8.28. The maximum absolute atomic E-state index is 6.27. The first-order valence-corrected chi connectivity index (χ1v) is 12.1. The van der Waals surface area contributed by atoms with Gasteiger partial charge in [-0.05, 0) is 57.9 Å². The number of hydrogen-bond donors (Lipinski definition) is 1. The Labute approximate surface area is 205 Å². The van der Waals surface area contributed by atoms with Gasteiger partial charge in [-0.3, -0.25) is 4.98 Å². The van der Waals surface area contributed by atoms with Crippen molar-refractivity contribution in [1.29, 1.82) is 0 Å². The van der Waals surface area contributed by atoms with E-state index in [0.29, 0.717) is 18.1 Å². The van der Waals surface area contributed by atoms with Crippen molar-refractivity contribution in [1.82, 2.24) is 29.5 Å². The van der Waals surface area contributed by atoms with E-state index in [1.165, 1.54) is 0 Å². The second kappa shape index (κ2) is 9.22. The minimum Gasteiger partial charge on any atom is -0.479 e. The predicted molar refractivity (Wildman–Crippen MR) is 137 cm³/mol. The molecule has 2 N–H and O–H groups in total. The van der Waals surface area contributed by atoms with Crippen molar-refractivity contribution >= 4 is 16.7 Å². The summed E-state index contributed by atoms with van der Waals surface area (Å²) in [5, 5.41) is 0. The fourth-order valence-corrected chi connectivity index (χ4v) is 4.46. The van der Waals surface area contributed by atoms with Crippen molar-refractivity contribution < 1.29 is 4.74 Å². The highest BCUT2D eigenvalue weighted by Gasteiger charge is 2.26. The number of hydrogen-bond acceptors (Lipinski definition) is 8. The van der Waals surface area contributed by atoms with Gasteiger partial charge in [-0.1, -0.05) is 0 Å². The second-order valence-corrected chi connectivity index (χ2v) is 9.81. The Morgan fingerprint density at radius 3 is 2.54 bits per heavy atom. The number of methoxy groups -OCH3 is 1. The van der Waals surface area contributed by atoms with Gasteiger partial charge in [0.15, 0.2) is 5.52 Å². The van der Waals surface area contributed by atoms with Gasteiger partial charge in [0, 0.05) is 36.6 Å². The number of pyridine rings is 2. The maximum Gasteiger partial charge on any atom is 0.242 e. The van der Waals surface area contributed by atoms with Crippen LogP contribution in [-0.2, 0) is 6.42 Å². The van der Waals surface area contributed by atoms with E-state index in [-0.39, 0.29) is 11.6 Å². The van der Waals surface area contributed by atoms with E-state index in [2.05, 4.69) is 62.3 Å². The molecule has 0 aliphatic carbocycles. The zero-order valence-electron chi connectivity index (χ0n) is 20.8. The highest BCUT2D eigenvalue weighted by Crippen LogP contribution is 2.29. The Bertz CT molecular complexity index is 1320. The van der Waals surface area contributed by atoms with Crippen LogP contribution in [0.25, 0.3) is 22.4 Å². The average Bonchev–Trinajstić information content (AvgIpc) is 3.29. The van der Waals surface area contributed by atoms with Crippen LogP contribution in [0.15, 0.2) is 43.0 Å². The second-order valence-electron chi connectivity index (χ2n) is 9.81. The third kappa shape index (κ3) is 4.81. The van der Waals surface area contributed by atoms with Crippen LogP contribution >= 0.6 is 0 Å². The van der Waals surface area contributed by atoms with Crippen LogP contribution in [-0.4, -0.2) is 55.2 Å². The molecule has 1 aliphatic rings. The van der Waals surface area contributed by atoms with Gasteiger partial charge in [0.25, 0.3) is 0 Å². The lowest BCUT2D eigenvalue weighted by atomic mass is 9.91. The third-order valence-corrected chi connectivity index (χ3v) is 6.67. The van der Waals surface area contributed by atoms with Crippen LogP contribution < -0.4 is 15.4 Å². The lowest BCUT2D eigenvalue weighted by molar-refractivity contribution is 0.364. The van der Waals surface area contributed by atoms with Crippen molar-refractivity contribution in [2.24, 2.45) is 5.73 Å². The fourth-order valence-electron chi connectivity index (χ4n) is 4.46. The molecule has 0 spiro atoms. The molecule has 1 fully saturated rings. The normalized spacial score (nSPS) is 15.7. The molecule has 1 aliphatic heterocycles. The standard InChI is InChI=1S/C26H32N8O/c1-17(2)34-16-30-24-22(34)14-21(32-25(24)35-4)20-7-10-28-23(31-20)13-18-5-6-19(15-29-18)33-11-8-26(3,27)9-12-33/h5-7,10,14-17H,8-9,11-13,27H2,1-4H3. The molecule has 0 amide bonds. The van der Waals surface area contributed by atoms with Crippen LogP contribution in [0.2, 0.25) is 0 Å². The van der Waals surface area contributed by atoms with Crippen LogP contribution in [0.4, 0.5) is 5.69 Å². The molecule has 0 radical (unpaired) electrons. The van der Waals surface area contributed by atoms with E-state index in [4.69, 9.17) is 15.5 Å². The molecule has 0 saturated carbocycles. The monoisotopic (exact) mass is 472 g/mol. The number of imidazole rings is 1. The molecule has 5 heterocycles. The van der Waals surface area contributed by atoms with Gasteiger partial charge in [-0.15, -0.1) is 0 Å². The number of piperidine rings is 1. The zero-order chi connectivity index (χ0) is 24.6. The van der Waals surface area contributed by atoms with Gasteiger partial charge in [0.2, 0.25) is 5.88 Å². The Kier molecular flexibility index (Phi) is 6.10. The molecule has 182 valence electrons. The van der Waals surface area contributed by atoms with Crippen molar-refractivity contribution in [2.75, 3.05) is 25.1 Å². The molecule has 1 saturated heterocycles. The average molecular weight is 473 g/mol. The largest absolute Gasteiger partial charge is 0.479 e. The number of anilines is 1. The molecule has 0 bridgehead atoms. The lowest BCUT2D eigenvalue weighted by Crippen LogP contribution is -2.48. The van der Waals surface area contributed by atoms with E-state index in [9.17, 15) is 0 Å². The summed E-state index contributed by atoms with van der Waals surface area (Å²) in [4.78, 5) is 25.4. The number of fused-ring (bicyclic) bond motifs is 1. The topological polar surface area (TPSA) is 108 Å². The minimum absolute atomic E-state index is 0.0654. The number of nitrogens with two attached hydrogens (primary N) is 1. The van der Waals surface area contributed by atoms with E-state index < -0.39 is 0 Å². The van der Waals surface area contributed by atoms with Crippen LogP contribution in [0, 0.1) is 0 Å². The number of aromatic nitrogens is 6. The van der Waals surface area contributed by atoms with Crippen LogP contribution in [0.3, 0.4) is 0 Å². The van der Waals surface area contributed by atoms with E-state index >= 15 is 0 Å². The Morgan fingerprint density at radius 2 is 1.86 bits per heavy atom. The summed E-state index contributed by atoms with van der Waals surface area (Å²) in [6.07, 6.45) is 8.03. The van der Waals surface area contributed by atoms with Gasteiger partial charge in [0.05, 0.1) is 48.6 Å². The van der Waals surface area contributed by atoms with Crippen LogP contribution in [0.1, 0.15) is 51.2 Å². The highest BCUT2D eigenvalue weighted by atomic mass is 16.5. The molecule has 4 aromatic rings. The van der Waals surface area contributed by atoms with Crippen molar-refractivity contribution in [3.8, 4) is 17.3 Å². The van der Waals surface area contributed by atoms with Crippen molar-refractivity contribution in [3.63, 3.8) is 0 Å². The molecule has 5 rings (SSSR count). The fraction of sp³-hybridized carbons (Fsp3) is 0.423. The summed E-state index contributed by atoms with van der Waals surface area (Å²) in [7, 11) is 1.61. The quantitative estimate of drug-likeness (QED) is 0.452. The first kappa shape index (κ1) is 23.2. The Hall–Kier alpha value is -3.59. The SMILES string of the molecule is COc1nc(-c2ccnc(Cc3ccc(N4CCC(C)(N)CC4)cn3)n2)cc2c1ncn2C(C)C. The summed E-state index contributed by atoms with van der Waals surface area (Å²) in [5.41, 5.74) is 11.4. The van der Waals surface area contributed by atoms with Crippen molar-refractivity contribution in [3.05, 3.63) is 54.5 Å². The summed E-state index contributed by atoms with van der Waals surface area (Å²) < 4.78 is 7.63. The Balaban J connectivity index is 1.37. The highest BCUT2D eigenvalue weighted by molar-refractivity contribution is 5.84. The van der Waals surface area contributed by atoms with Gasteiger partial charge in [-0.25, -0.2) is 19.9 Å². The molecule has 35 heavy (non-hydrogen) atoms. The van der Waals surface area contributed by atoms with Gasteiger partial charge in [-0.2, -0.15) is 0 Å². The smallest absolute Gasteiger partial charge is 0.242 e. The Morgan fingerprint density at radius 1 is 1.06 bits per heavy atom. The summed E-state index contributed by atoms with van der Waals surface area (Å²) >= 11 is 0. The van der Waals surface area contributed by atoms with Crippen molar-refractivity contribution in [2.45, 2.75) is 51.6 Å². The molecular formula is C26H32N8O. The first-order valence-electron chi connectivity index (χ1n) is 12.1. The number of nitrogens with zero attached hydrogens (tertiary/aromatic N) is 7. The summed E-state index contributed by atoms with van der Waals surface area (Å²) in [6, 6.07) is 8.31. The van der Waals surface area contributed by atoms with Gasteiger partial charge < -0.3 is 19.9 Å². The van der Waals surface area contributed by atoms with E-state index in [1.54, 1.807) is 13.3 Å². The molecule has 9 nitrogen and oxygen atoms in total. The third-order valence-electron chi connectivity index (χ3n) is 6.67. The van der Waals surface area contributed by atoms with Gasteiger partial charge >= 0.3 is 0 Å².